The molecule has 0 spiro atoms. The summed E-state index contributed by atoms with van der Waals surface area (Å²) in [6.45, 7) is 6.01. The number of hydrogen-bond acceptors (Lipinski definition) is 6. The Morgan fingerprint density at radius 2 is 1.75 bits per heavy atom. The summed E-state index contributed by atoms with van der Waals surface area (Å²) < 4.78 is 16.0. The van der Waals surface area contributed by atoms with Gasteiger partial charge in [0.05, 0.1) is 14.2 Å². The van der Waals surface area contributed by atoms with E-state index in [1.54, 1.807) is 41.3 Å². The van der Waals surface area contributed by atoms with Crippen molar-refractivity contribution in [1.82, 2.24) is 9.80 Å². The van der Waals surface area contributed by atoms with Gasteiger partial charge in [0, 0.05) is 36.8 Å². The second-order valence-corrected chi connectivity index (χ2v) is 7.71. The van der Waals surface area contributed by atoms with E-state index in [9.17, 15) is 9.59 Å². The second-order valence-electron chi connectivity index (χ2n) is 7.27. The maximum Gasteiger partial charge on any atom is 0.327 e. The molecule has 1 aliphatic heterocycles. The smallest absolute Gasteiger partial charge is 0.327 e. The van der Waals surface area contributed by atoms with E-state index in [2.05, 4.69) is 6.58 Å². The van der Waals surface area contributed by atoms with Crippen molar-refractivity contribution in [3.63, 3.8) is 0 Å². The van der Waals surface area contributed by atoms with Crippen molar-refractivity contribution >= 4 is 23.5 Å². The van der Waals surface area contributed by atoms with Crippen molar-refractivity contribution in [2.24, 2.45) is 0 Å². The highest BCUT2D eigenvalue weighted by atomic mass is 35.5. The molecule has 7 nitrogen and oxygen atoms in total. The summed E-state index contributed by atoms with van der Waals surface area (Å²) in [5.41, 5.74) is 1.32. The van der Waals surface area contributed by atoms with Crippen LogP contribution in [0, 0.1) is 0 Å². The first-order valence-electron chi connectivity index (χ1n) is 10.3. The predicted molar refractivity (Wildman–Crippen MR) is 122 cm³/mol. The summed E-state index contributed by atoms with van der Waals surface area (Å²) >= 11 is 5.99. The topological polar surface area (TPSA) is 68.3 Å². The third-order valence-corrected chi connectivity index (χ3v) is 5.60. The van der Waals surface area contributed by atoms with Gasteiger partial charge in [-0.15, -0.1) is 0 Å². The molecule has 0 bridgehead atoms. The molecule has 1 heterocycles. The van der Waals surface area contributed by atoms with Crippen LogP contribution in [0.4, 0.5) is 0 Å². The van der Waals surface area contributed by atoms with Crippen LogP contribution in [0.2, 0.25) is 5.02 Å². The number of halogens is 1. The zero-order valence-electron chi connectivity index (χ0n) is 18.3. The number of nitrogens with zero attached hydrogens (tertiary/aromatic N) is 2. The molecule has 170 valence electrons. The molecule has 3 rings (SSSR count). The molecule has 2 aromatic rings. The minimum absolute atomic E-state index is 0.0978. The van der Waals surface area contributed by atoms with E-state index >= 15 is 0 Å². The molecule has 1 amide bonds. The first-order chi connectivity index (χ1) is 15.5. The molecular formula is C24H27ClN2O5. The lowest BCUT2D eigenvalue weighted by atomic mass is 10.0. The number of esters is 1. The molecule has 32 heavy (non-hydrogen) atoms. The Morgan fingerprint density at radius 1 is 1.06 bits per heavy atom. The Bertz CT molecular complexity index is 955. The number of carbonyl (C=O) groups excluding carboxylic acids is 2. The molecule has 1 saturated heterocycles. The fraction of sp³-hybridized carbons (Fsp3) is 0.333. The minimum atomic E-state index is -0.545. The van der Waals surface area contributed by atoms with E-state index < -0.39 is 6.04 Å². The van der Waals surface area contributed by atoms with Crippen molar-refractivity contribution in [3.05, 3.63) is 71.3 Å². The van der Waals surface area contributed by atoms with Crippen LogP contribution in [0.5, 0.6) is 11.5 Å². The Hall–Kier alpha value is -3.03. The summed E-state index contributed by atoms with van der Waals surface area (Å²) in [6, 6.07) is 11.7. The van der Waals surface area contributed by atoms with Gasteiger partial charge in [0.2, 0.25) is 0 Å². The summed E-state index contributed by atoms with van der Waals surface area (Å²) in [5, 5.41) is 0.601. The lowest BCUT2D eigenvalue weighted by Gasteiger charge is -2.38. The largest absolute Gasteiger partial charge is 0.493 e. The zero-order chi connectivity index (χ0) is 23.1. The average molecular weight is 459 g/mol. The Morgan fingerprint density at radius 3 is 2.34 bits per heavy atom. The van der Waals surface area contributed by atoms with E-state index in [0.717, 1.165) is 5.56 Å². The monoisotopic (exact) mass is 458 g/mol. The number of amides is 1. The van der Waals surface area contributed by atoms with Gasteiger partial charge >= 0.3 is 5.97 Å². The van der Waals surface area contributed by atoms with Crippen LogP contribution in [0.3, 0.4) is 0 Å². The summed E-state index contributed by atoms with van der Waals surface area (Å²) in [5.74, 6) is 0.605. The van der Waals surface area contributed by atoms with Crippen LogP contribution in [0.15, 0.2) is 55.1 Å². The lowest BCUT2D eigenvalue weighted by molar-refractivity contribution is -0.148. The zero-order valence-corrected chi connectivity index (χ0v) is 19.0. The maximum absolute atomic E-state index is 13.1. The van der Waals surface area contributed by atoms with Gasteiger partial charge < -0.3 is 19.1 Å². The van der Waals surface area contributed by atoms with Gasteiger partial charge in [-0.05, 0) is 35.9 Å². The van der Waals surface area contributed by atoms with Crippen LogP contribution in [0.1, 0.15) is 22.0 Å². The second kappa shape index (κ2) is 11.0. The Balaban J connectivity index is 1.70. The molecule has 0 aliphatic carbocycles. The molecule has 1 fully saturated rings. The number of rotatable bonds is 8. The van der Waals surface area contributed by atoms with Crippen LogP contribution in [-0.2, 0) is 9.53 Å². The third kappa shape index (κ3) is 5.41. The number of piperazine rings is 1. The lowest BCUT2D eigenvalue weighted by Crippen LogP contribution is -2.51. The first kappa shape index (κ1) is 23.6. The Kier molecular flexibility index (Phi) is 8.14. The molecule has 0 radical (unpaired) electrons. The number of benzene rings is 2. The Labute approximate surface area is 193 Å². The van der Waals surface area contributed by atoms with Gasteiger partial charge in [-0.3, -0.25) is 9.69 Å². The highest BCUT2D eigenvalue weighted by Crippen LogP contribution is 2.29. The van der Waals surface area contributed by atoms with Crippen LogP contribution >= 0.6 is 11.6 Å². The average Bonchev–Trinajstić information content (AvgIpc) is 2.83. The first-order valence-corrected chi connectivity index (χ1v) is 10.6. The summed E-state index contributed by atoms with van der Waals surface area (Å²) in [4.78, 5) is 29.3. The normalized spacial score (nSPS) is 15.0. The van der Waals surface area contributed by atoms with Crippen LogP contribution in [-0.4, -0.2) is 68.7 Å². The molecule has 0 N–H and O–H groups in total. The standard InChI is InChI=1S/C24H27ClN2O5/c1-4-15-32-20-10-7-18(16-21(20)30-2)23(28)27-13-11-26(12-14-27)22(24(29)31-3)17-5-8-19(25)9-6-17/h4-10,16,22H,1,11-15H2,2-3H3. The quantitative estimate of drug-likeness (QED) is 0.445. The number of carbonyl (C=O) groups is 2. The molecule has 0 saturated carbocycles. The van der Waals surface area contributed by atoms with Crippen molar-refractivity contribution in [3.8, 4) is 11.5 Å². The molecular weight excluding hydrogens is 432 g/mol. The van der Waals surface area contributed by atoms with E-state index in [1.165, 1.54) is 14.2 Å². The molecule has 0 aromatic heterocycles. The van der Waals surface area contributed by atoms with Gasteiger partial charge in [0.25, 0.3) is 5.91 Å². The van der Waals surface area contributed by atoms with E-state index in [0.29, 0.717) is 54.9 Å². The van der Waals surface area contributed by atoms with Gasteiger partial charge in [-0.2, -0.15) is 0 Å². The highest BCUT2D eigenvalue weighted by molar-refractivity contribution is 6.30. The molecule has 2 aromatic carbocycles. The fourth-order valence-electron chi connectivity index (χ4n) is 3.69. The van der Waals surface area contributed by atoms with Crippen LogP contribution in [0.25, 0.3) is 0 Å². The minimum Gasteiger partial charge on any atom is -0.493 e. The summed E-state index contributed by atoms with van der Waals surface area (Å²) in [7, 11) is 2.91. The number of ether oxygens (including phenoxy) is 3. The van der Waals surface area contributed by atoms with E-state index in [-0.39, 0.29) is 11.9 Å². The van der Waals surface area contributed by atoms with Gasteiger partial charge in [0.1, 0.15) is 12.6 Å². The van der Waals surface area contributed by atoms with Gasteiger partial charge in [0.15, 0.2) is 11.5 Å². The van der Waals surface area contributed by atoms with Crippen molar-refractivity contribution < 1.29 is 23.8 Å². The highest BCUT2D eigenvalue weighted by Gasteiger charge is 2.32. The maximum atomic E-state index is 13.1. The van der Waals surface area contributed by atoms with E-state index in [4.69, 9.17) is 25.8 Å². The fourth-order valence-corrected chi connectivity index (χ4v) is 3.81. The molecule has 1 unspecified atom stereocenters. The van der Waals surface area contributed by atoms with Crippen molar-refractivity contribution in [1.29, 1.82) is 0 Å². The van der Waals surface area contributed by atoms with Gasteiger partial charge in [-0.25, -0.2) is 4.79 Å². The van der Waals surface area contributed by atoms with Crippen molar-refractivity contribution in [2.45, 2.75) is 6.04 Å². The number of hydrogen-bond donors (Lipinski definition) is 0. The molecule has 1 aliphatic rings. The summed E-state index contributed by atoms with van der Waals surface area (Å²) in [6.07, 6.45) is 1.64. The molecule has 8 heteroatoms. The number of methoxy groups -OCH3 is 2. The predicted octanol–water partition coefficient (Wildman–Crippen LogP) is 3.59. The molecule has 1 atom stereocenters. The van der Waals surface area contributed by atoms with Gasteiger partial charge in [-0.1, -0.05) is 36.4 Å². The van der Waals surface area contributed by atoms with Crippen LogP contribution < -0.4 is 9.47 Å². The van der Waals surface area contributed by atoms with E-state index in [1.807, 2.05) is 17.0 Å². The van der Waals surface area contributed by atoms with Crippen molar-refractivity contribution in [2.75, 3.05) is 47.0 Å². The third-order valence-electron chi connectivity index (χ3n) is 5.34. The SMILES string of the molecule is C=CCOc1ccc(C(=O)N2CCN(C(C(=O)OC)c3ccc(Cl)cc3)CC2)cc1OC.